The van der Waals surface area contributed by atoms with E-state index in [0.29, 0.717) is 11.3 Å². The molecule has 0 amide bonds. The zero-order valence-corrected chi connectivity index (χ0v) is 19.2. The number of pyridine rings is 1. The predicted octanol–water partition coefficient (Wildman–Crippen LogP) is 5.14. The molecule has 1 aromatic heterocycles. The lowest BCUT2D eigenvalue weighted by atomic mass is 10.2. The van der Waals surface area contributed by atoms with Crippen molar-refractivity contribution in [1.82, 2.24) is 4.98 Å². The fourth-order valence-corrected chi connectivity index (χ4v) is 4.53. The monoisotopic (exact) mass is 464 g/mol. The van der Waals surface area contributed by atoms with Crippen molar-refractivity contribution in [3.05, 3.63) is 54.4 Å². The Hall–Kier alpha value is -1.94. The molecule has 0 aliphatic rings. The summed E-state index contributed by atoms with van der Waals surface area (Å²) in [5.41, 5.74) is 0.598. The number of halogens is 3. The molecule has 0 fully saturated rings. The highest BCUT2D eigenvalue weighted by Crippen LogP contribution is 2.53. The van der Waals surface area contributed by atoms with Gasteiger partial charge >= 0.3 is 6.18 Å². The fraction of sp³-hybridized carbons (Fsp3) is 0.450. The summed E-state index contributed by atoms with van der Waals surface area (Å²) in [5.74, 6) is -1.41. The van der Waals surface area contributed by atoms with Gasteiger partial charge in [0, 0.05) is 17.1 Å². The quantitative estimate of drug-likeness (QED) is 0.570. The third-order valence-corrected chi connectivity index (χ3v) is 9.90. The summed E-state index contributed by atoms with van der Waals surface area (Å²) in [6.07, 6.45) is 2.11. The molecule has 2 rings (SSSR count). The third-order valence-electron chi connectivity index (χ3n) is 4.63. The molecule has 1 aromatic carbocycles. The Bertz CT molecular complexity index is 940. The van der Waals surface area contributed by atoms with E-state index < -0.39 is 32.3 Å². The SMILES string of the molecule is CC(C)(C)S(C)(C)Oc1ccc(N(Cc2cccnc2)S(=O)(=O)CC(F)(F)F)cc1. The van der Waals surface area contributed by atoms with Crippen molar-refractivity contribution in [2.75, 3.05) is 22.6 Å². The lowest BCUT2D eigenvalue weighted by molar-refractivity contribution is -0.106. The van der Waals surface area contributed by atoms with Crippen LogP contribution in [0, 0.1) is 0 Å². The Labute approximate surface area is 177 Å². The molecule has 5 nitrogen and oxygen atoms in total. The van der Waals surface area contributed by atoms with Gasteiger partial charge in [0.1, 0.15) is 5.75 Å². The highest BCUT2D eigenvalue weighted by molar-refractivity contribution is 8.30. The van der Waals surface area contributed by atoms with Gasteiger partial charge in [-0.2, -0.15) is 13.2 Å². The van der Waals surface area contributed by atoms with Crippen molar-refractivity contribution in [1.29, 1.82) is 0 Å². The maximum Gasteiger partial charge on any atom is 0.404 e. The molecule has 0 spiro atoms. The first-order chi connectivity index (χ1) is 13.6. The van der Waals surface area contributed by atoms with Crippen molar-refractivity contribution in [2.24, 2.45) is 0 Å². The molecule has 0 bridgehead atoms. The van der Waals surface area contributed by atoms with E-state index in [4.69, 9.17) is 4.18 Å². The van der Waals surface area contributed by atoms with Crippen LogP contribution >= 0.6 is 10.3 Å². The van der Waals surface area contributed by atoms with Crippen molar-refractivity contribution in [2.45, 2.75) is 38.2 Å². The minimum absolute atomic E-state index is 0.0892. The molecule has 0 unspecified atom stereocenters. The fourth-order valence-electron chi connectivity index (χ4n) is 2.33. The lowest BCUT2D eigenvalue weighted by Gasteiger charge is -2.43. The zero-order valence-electron chi connectivity index (χ0n) is 17.6. The first-order valence-corrected chi connectivity index (χ1v) is 13.1. The van der Waals surface area contributed by atoms with E-state index in [9.17, 15) is 21.6 Å². The van der Waals surface area contributed by atoms with Crippen LogP contribution in [0.4, 0.5) is 18.9 Å². The number of aromatic nitrogens is 1. The Morgan fingerprint density at radius 1 is 1.03 bits per heavy atom. The average Bonchev–Trinajstić information content (AvgIpc) is 2.58. The summed E-state index contributed by atoms with van der Waals surface area (Å²) in [7, 11) is -6.13. The Balaban J connectivity index is 2.37. The first kappa shape index (κ1) is 24.3. The smallest absolute Gasteiger partial charge is 0.404 e. The number of sulfonamides is 1. The van der Waals surface area contributed by atoms with Crippen LogP contribution in [0.2, 0.25) is 0 Å². The van der Waals surface area contributed by atoms with E-state index in [-0.39, 0.29) is 17.0 Å². The Morgan fingerprint density at radius 3 is 2.10 bits per heavy atom. The second-order valence-corrected chi connectivity index (χ2v) is 13.9. The number of nitrogens with zero attached hydrogens (tertiary/aromatic N) is 2. The van der Waals surface area contributed by atoms with Crippen LogP contribution in [0.15, 0.2) is 48.8 Å². The molecule has 0 radical (unpaired) electrons. The molecule has 0 saturated carbocycles. The minimum atomic E-state index is -4.85. The number of benzene rings is 1. The van der Waals surface area contributed by atoms with Gasteiger partial charge in [-0.05, 0) is 69.2 Å². The Kier molecular flexibility index (Phi) is 7.03. The van der Waals surface area contributed by atoms with Crippen molar-refractivity contribution < 1.29 is 25.8 Å². The molecule has 30 heavy (non-hydrogen) atoms. The van der Waals surface area contributed by atoms with Gasteiger partial charge in [-0.1, -0.05) is 16.4 Å². The third kappa shape index (κ3) is 6.53. The van der Waals surface area contributed by atoms with E-state index in [1.165, 1.54) is 24.5 Å². The second kappa shape index (κ2) is 8.66. The number of hydrogen-bond acceptors (Lipinski definition) is 4. The summed E-state index contributed by atoms with van der Waals surface area (Å²) >= 11 is 0. The molecular formula is C20H27F3N2O3S2. The molecule has 10 heteroatoms. The Morgan fingerprint density at radius 2 is 1.63 bits per heavy atom. The maximum atomic E-state index is 12.9. The topological polar surface area (TPSA) is 59.5 Å². The number of hydrogen-bond donors (Lipinski definition) is 0. The van der Waals surface area contributed by atoms with Gasteiger partial charge in [-0.25, -0.2) is 8.42 Å². The molecule has 0 aliphatic carbocycles. The molecular weight excluding hydrogens is 437 g/mol. The highest BCUT2D eigenvalue weighted by Gasteiger charge is 2.39. The summed E-state index contributed by atoms with van der Waals surface area (Å²) in [5, 5.41) is 0. The van der Waals surface area contributed by atoms with Crippen LogP contribution in [-0.2, 0) is 16.6 Å². The predicted molar refractivity (Wildman–Crippen MR) is 117 cm³/mol. The standard InChI is InChI=1S/C20H27F3N2O3S2/c1-19(2,3)29(4,5)28-18-10-8-17(9-11-18)25(14-16-7-6-12-24-13-16)30(26,27)15-20(21,22)23/h6-13H,14-15H2,1-5H3. The van der Waals surface area contributed by atoms with Crippen LogP contribution in [0.1, 0.15) is 26.3 Å². The van der Waals surface area contributed by atoms with Gasteiger partial charge in [0.05, 0.1) is 12.2 Å². The minimum Gasteiger partial charge on any atom is -0.449 e. The van der Waals surface area contributed by atoms with Crippen molar-refractivity contribution in [3.63, 3.8) is 0 Å². The normalized spacial score (nSPS) is 13.7. The van der Waals surface area contributed by atoms with E-state index in [2.05, 4.69) is 25.8 Å². The van der Waals surface area contributed by atoms with Crippen LogP contribution in [0.3, 0.4) is 0 Å². The van der Waals surface area contributed by atoms with Crippen LogP contribution in [-0.4, -0.2) is 42.6 Å². The van der Waals surface area contributed by atoms with E-state index in [1.807, 2.05) is 12.5 Å². The van der Waals surface area contributed by atoms with Gasteiger partial charge in [0.15, 0.2) is 5.75 Å². The second-order valence-electron chi connectivity index (χ2n) is 8.16. The molecule has 0 saturated heterocycles. The number of anilines is 1. The molecule has 0 aliphatic heterocycles. The molecule has 0 N–H and O–H groups in total. The van der Waals surface area contributed by atoms with Gasteiger partial charge in [0.2, 0.25) is 10.0 Å². The number of alkyl halides is 3. The van der Waals surface area contributed by atoms with Crippen LogP contribution < -0.4 is 8.49 Å². The molecule has 1 heterocycles. The van der Waals surface area contributed by atoms with Crippen molar-refractivity contribution in [3.8, 4) is 5.75 Å². The average molecular weight is 465 g/mol. The highest BCUT2D eigenvalue weighted by atomic mass is 32.3. The van der Waals surface area contributed by atoms with Gasteiger partial charge < -0.3 is 4.18 Å². The largest absolute Gasteiger partial charge is 0.449 e. The summed E-state index contributed by atoms with van der Waals surface area (Å²) in [4.78, 5) is 3.90. The van der Waals surface area contributed by atoms with Gasteiger partial charge in [-0.15, -0.1) is 0 Å². The van der Waals surface area contributed by atoms with Crippen LogP contribution in [0.25, 0.3) is 0 Å². The maximum absolute atomic E-state index is 12.9. The van der Waals surface area contributed by atoms with Crippen molar-refractivity contribution >= 4 is 26.0 Å². The number of rotatable bonds is 7. The van der Waals surface area contributed by atoms with E-state index in [1.54, 1.807) is 24.3 Å². The molecule has 2 aromatic rings. The summed E-state index contributed by atoms with van der Waals surface area (Å²) < 4.78 is 70.6. The van der Waals surface area contributed by atoms with Gasteiger partial charge in [-0.3, -0.25) is 9.29 Å². The summed E-state index contributed by atoms with van der Waals surface area (Å²) in [6.45, 7) is 5.94. The lowest BCUT2D eigenvalue weighted by Crippen LogP contribution is -2.37. The van der Waals surface area contributed by atoms with Crippen LogP contribution in [0.5, 0.6) is 5.75 Å². The zero-order chi connectivity index (χ0) is 22.8. The van der Waals surface area contributed by atoms with Gasteiger partial charge in [0.25, 0.3) is 0 Å². The van der Waals surface area contributed by atoms with E-state index >= 15 is 0 Å². The molecule has 168 valence electrons. The first-order valence-electron chi connectivity index (χ1n) is 9.09. The summed E-state index contributed by atoms with van der Waals surface area (Å²) in [6, 6.07) is 9.27. The molecule has 0 atom stereocenters. The van der Waals surface area contributed by atoms with E-state index in [0.717, 1.165) is 4.31 Å².